The van der Waals surface area contributed by atoms with Crippen molar-refractivity contribution < 1.29 is 9.53 Å². The molecule has 1 N–H and O–H groups in total. The Hall–Kier alpha value is -1.02. The lowest BCUT2D eigenvalue weighted by Crippen LogP contribution is -2.60. The van der Waals surface area contributed by atoms with Crippen molar-refractivity contribution in [3.8, 4) is 0 Å². The Kier molecular flexibility index (Phi) is 7.44. The topological polar surface area (TPSA) is 57.7 Å². The number of aryl methyl sites for hydroxylation is 1. The largest absolute Gasteiger partial charge is 0.379 e. The molecule has 1 aliphatic carbocycles. The molecule has 0 spiro atoms. The van der Waals surface area contributed by atoms with E-state index in [1.807, 2.05) is 0 Å². The molecule has 1 aromatic heterocycles. The van der Waals surface area contributed by atoms with Crippen molar-refractivity contribution in [2.75, 3.05) is 45.9 Å². The van der Waals surface area contributed by atoms with Gasteiger partial charge in [0.2, 0.25) is 5.91 Å². The van der Waals surface area contributed by atoms with Gasteiger partial charge in [0.25, 0.3) is 0 Å². The summed E-state index contributed by atoms with van der Waals surface area (Å²) in [7, 11) is 0. The lowest BCUT2D eigenvalue weighted by Gasteiger charge is -2.53. The van der Waals surface area contributed by atoms with Gasteiger partial charge in [0.1, 0.15) is 0 Å². The third-order valence-electron chi connectivity index (χ3n) is 7.52. The van der Waals surface area contributed by atoms with E-state index in [0.29, 0.717) is 18.5 Å². The highest BCUT2D eigenvalue weighted by Gasteiger charge is 2.52. The number of ether oxygens (including phenoxy) is 1. The Balaban J connectivity index is 1.43. The predicted octanol–water partition coefficient (Wildman–Crippen LogP) is 2.92. The first kappa shape index (κ1) is 22.2. The Morgan fingerprint density at radius 1 is 1.30 bits per heavy atom. The van der Waals surface area contributed by atoms with Crippen LogP contribution in [-0.2, 0) is 22.5 Å². The summed E-state index contributed by atoms with van der Waals surface area (Å²) in [5.41, 5.74) is 0.772. The fourth-order valence-electron chi connectivity index (χ4n) is 5.74. The molecule has 2 aliphatic heterocycles. The molecular formula is C23H38N4O2S. The molecule has 3 atom stereocenters. The van der Waals surface area contributed by atoms with Crippen LogP contribution in [0, 0.1) is 11.3 Å². The van der Waals surface area contributed by atoms with Gasteiger partial charge >= 0.3 is 0 Å². The number of aromatic nitrogens is 1. The van der Waals surface area contributed by atoms with E-state index in [2.05, 4.69) is 34.3 Å². The molecule has 0 unspecified atom stereocenters. The molecule has 0 aromatic carbocycles. The molecule has 6 nitrogen and oxygen atoms in total. The van der Waals surface area contributed by atoms with E-state index in [9.17, 15) is 4.79 Å². The van der Waals surface area contributed by atoms with Crippen molar-refractivity contribution in [1.82, 2.24) is 20.1 Å². The zero-order valence-electron chi connectivity index (χ0n) is 18.7. The van der Waals surface area contributed by atoms with Crippen LogP contribution in [0.15, 0.2) is 5.38 Å². The molecule has 3 aliphatic rings. The lowest BCUT2D eigenvalue weighted by molar-refractivity contribution is -0.145. The monoisotopic (exact) mass is 434 g/mol. The fourth-order valence-corrected chi connectivity index (χ4v) is 6.64. The van der Waals surface area contributed by atoms with Crippen molar-refractivity contribution in [3.05, 3.63) is 16.1 Å². The summed E-state index contributed by atoms with van der Waals surface area (Å²) >= 11 is 1.72. The van der Waals surface area contributed by atoms with Crippen LogP contribution in [0.3, 0.4) is 0 Å². The molecule has 168 valence electrons. The van der Waals surface area contributed by atoms with Crippen molar-refractivity contribution in [2.24, 2.45) is 11.3 Å². The number of carbonyl (C=O) groups excluding carboxylic acids is 1. The maximum atomic E-state index is 13.6. The third kappa shape index (κ3) is 4.74. The molecular weight excluding hydrogens is 396 g/mol. The van der Waals surface area contributed by atoms with Gasteiger partial charge in [0, 0.05) is 31.1 Å². The highest BCUT2D eigenvalue weighted by Crippen LogP contribution is 2.47. The number of fused-ring (bicyclic) bond motifs is 1. The average Bonchev–Trinajstić information content (AvgIpc) is 3.25. The summed E-state index contributed by atoms with van der Waals surface area (Å²) < 4.78 is 5.56. The first-order chi connectivity index (χ1) is 14.6. The normalized spacial score (nSPS) is 30.7. The summed E-state index contributed by atoms with van der Waals surface area (Å²) in [6.45, 7) is 11.8. The van der Waals surface area contributed by atoms with Crippen LogP contribution < -0.4 is 5.32 Å². The average molecular weight is 435 g/mol. The number of nitrogens with zero attached hydrogens (tertiary/aromatic N) is 3. The van der Waals surface area contributed by atoms with Gasteiger partial charge in [-0.3, -0.25) is 9.69 Å². The van der Waals surface area contributed by atoms with E-state index in [4.69, 9.17) is 9.72 Å². The van der Waals surface area contributed by atoms with Gasteiger partial charge in [-0.1, -0.05) is 13.8 Å². The summed E-state index contributed by atoms with van der Waals surface area (Å²) in [5.74, 6) is 0.740. The highest BCUT2D eigenvalue weighted by atomic mass is 32.1. The van der Waals surface area contributed by atoms with E-state index in [1.165, 1.54) is 5.01 Å². The number of nitrogens with one attached hydrogen (secondary N) is 1. The summed E-state index contributed by atoms with van der Waals surface area (Å²) in [5, 5.41) is 6.58. The molecule has 3 heterocycles. The second-order valence-electron chi connectivity index (χ2n) is 9.25. The van der Waals surface area contributed by atoms with E-state index in [0.717, 1.165) is 90.2 Å². The number of amides is 1. The third-order valence-corrected chi connectivity index (χ3v) is 8.47. The Bertz CT molecular complexity index is 705. The van der Waals surface area contributed by atoms with Crippen LogP contribution >= 0.6 is 11.3 Å². The minimum absolute atomic E-state index is 0.237. The number of thiazole rings is 1. The number of piperidine rings is 1. The quantitative estimate of drug-likeness (QED) is 0.715. The maximum Gasteiger partial charge on any atom is 0.228 e. The molecule has 3 fully saturated rings. The van der Waals surface area contributed by atoms with Gasteiger partial charge in [0.15, 0.2) is 0 Å². The van der Waals surface area contributed by atoms with Crippen LogP contribution in [0.4, 0.5) is 0 Å². The molecule has 2 saturated heterocycles. The van der Waals surface area contributed by atoms with Crippen molar-refractivity contribution >= 4 is 17.2 Å². The zero-order valence-corrected chi connectivity index (χ0v) is 19.5. The number of likely N-dealkylation sites (tertiary alicyclic amines) is 1. The van der Waals surface area contributed by atoms with E-state index in [1.54, 1.807) is 11.3 Å². The van der Waals surface area contributed by atoms with Gasteiger partial charge in [0.05, 0.1) is 35.9 Å². The van der Waals surface area contributed by atoms with Crippen LogP contribution in [0.1, 0.15) is 56.7 Å². The Morgan fingerprint density at radius 3 is 2.90 bits per heavy atom. The molecule has 30 heavy (non-hydrogen) atoms. The van der Waals surface area contributed by atoms with Crippen molar-refractivity contribution in [3.63, 3.8) is 0 Å². The molecule has 0 radical (unpaired) electrons. The molecule has 1 aromatic rings. The van der Waals surface area contributed by atoms with Gasteiger partial charge in [-0.2, -0.15) is 0 Å². The van der Waals surface area contributed by atoms with Crippen molar-refractivity contribution in [2.45, 2.75) is 65.0 Å². The number of rotatable bonds is 7. The second-order valence-corrected chi connectivity index (χ2v) is 10.2. The Labute approximate surface area is 185 Å². The van der Waals surface area contributed by atoms with Crippen LogP contribution in [-0.4, -0.2) is 72.7 Å². The van der Waals surface area contributed by atoms with E-state index < -0.39 is 0 Å². The number of carbonyl (C=O) groups is 1. The van der Waals surface area contributed by atoms with Crippen LogP contribution in [0.2, 0.25) is 0 Å². The van der Waals surface area contributed by atoms with E-state index in [-0.39, 0.29) is 11.3 Å². The fraction of sp³-hybridized carbons (Fsp3) is 0.826. The highest BCUT2D eigenvalue weighted by molar-refractivity contribution is 7.09. The van der Waals surface area contributed by atoms with E-state index >= 15 is 0 Å². The maximum absolute atomic E-state index is 13.6. The minimum atomic E-state index is -0.237. The second kappa shape index (κ2) is 10.1. The summed E-state index contributed by atoms with van der Waals surface area (Å²) in [6.07, 6.45) is 6.56. The molecule has 1 saturated carbocycles. The summed E-state index contributed by atoms with van der Waals surface area (Å²) in [6, 6.07) is 0.614. The smallest absolute Gasteiger partial charge is 0.228 e. The first-order valence-electron chi connectivity index (χ1n) is 11.9. The molecule has 7 heteroatoms. The molecule has 1 amide bonds. The van der Waals surface area contributed by atoms with Gasteiger partial charge in [-0.25, -0.2) is 4.98 Å². The van der Waals surface area contributed by atoms with Crippen LogP contribution in [0.25, 0.3) is 0 Å². The van der Waals surface area contributed by atoms with Gasteiger partial charge < -0.3 is 15.0 Å². The summed E-state index contributed by atoms with van der Waals surface area (Å²) in [4.78, 5) is 23.4. The SMILES string of the molecule is CCCc1nc(CNC(=O)[C@@]23CC[C@H](N4CCOCC4)C[C@H]2CCN(CC)C3)cs1. The predicted molar refractivity (Wildman–Crippen MR) is 121 cm³/mol. The van der Waals surface area contributed by atoms with Crippen molar-refractivity contribution in [1.29, 1.82) is 0 Å². The van der Waals surface area contributed by atoms with Gasteiger partial charge in [-0.15, -0.1) is 11.3 Å². The van der Waals surface area contributed by atoms with Gasteiger partial charge in [-0.05, 0) is 57.5 Å². The zero-order chi connectivity index (χ0) is 21.0. The molecule has 0 bridgehead atoms. The minimum Gasteiger partial charge on any atom is -0.379 e. The number of hydrogen-bond donors (Lipinski definition) is 1. The molecule has 4 rings (SSSR count). The standard InChI is InChI=1S/C23H38N4O2S/c1-3-5-21-25-19(16-30-21)15-24-22(28)23-8-6-20(27-10-12-29-13-11-27)14-18(23)7-9-26(4-2)17-23/h16,18,20H,3-15,17H2,1-2H3,(H,24,28)/t18-,20+,23-/m1/s1. The van der Waals surface area contributed by atoms with Crippen LogP contribution in [0.5, 0.6) is 0 Å². The first-order valence-corrected chi connectivity index (χ1v) is 12.8. The Morgan fingerprint density at radius 2 is 2.13 bits per heavy atom. The number of morpholine rings is 1. The lowest BCUT2D eigenvalue weighted by atomic mass is 9.61. The number of hydrogen-bond acceptors (Lipinski definition) is 6.